The number of fused-ring (bicyclic) bond motifs is 1. The number of amides is 4. The van der Waals surface area contributed by atoms with Gasteiger partial charge in [0.25, 0.3) is 6.43 Å². The first-order valence-corrected chi connectivity index (χ1v) is 11.5. The van der Waals surface area contributed by atoms with E-state index in [2.05, 4.69) is 0 Å². The molecule has 0 unspecified atom stereocenters. The molecule has 0 spiro atoms. The maximum atomic E-state index is 13.4. The average molecular weight is 525 g/mol. The molecule has 200 valence electrons. The molecule has 0 radical (unpaired) electrons. The summed E-state index contributed by atoms with van der Waals surface area (Å²) in [7, 11) is -1.68. The Morgan fingerprint density at radius 2 is 1.89 bits per heavy atom. The van der Waals surface area contributed by atoms with Gasteiger partial charge >= 0.3 is 30.9 Å². The molecule has 2 aliphatic heterocycles. The smallest absolute Gasteiger partial charge is 0.526 e. The SMILES string of the molecule is CCN1CCN(C(=O)N[C@H](C(=O)C[C@H]2Cc3ccc(C)c(C(=O)O)c3OB2O)[C@H](O)C(F)F)C(=O)C1=O. The first-order chi connectivity index (χ1) is 17.4. The van der Waals surface area contributed by atoms with Crippen LogP contribution in [0.2, 0.25) is 5.82 Å². The van der Waals surface area contributed by atoms with E-state index >= 15 is 0 Å². The average Bonchev–Trinajstić information content (AvgIpc) is 2.83. The van der Waals surface area contributed by atoms with Crippen molar-refractivity contribution in [1.82, 2.24) is 15.1 Å². The molecule has 15 heteroatoms. The van der Waals surface area contributed by atoms with Crippen LogP contribution >= 0.6 is 0 Å². The summed E-state index contributed by atoms with van der Waals surface area (Å²) in [6, 6.07) is -0.408. The number of nitrogens with one attached hydrogen (secondary N) is 1. The van der Waals surface area contributed by atoms with Gasteiger partial charge in [0.15, 0.2) is 5.78 Å². The van der Waals surface area contributed by atoms with E-state index in [0.717, 1.165) is 0 Å². The number of carbonyl (C=O) groups excluding carboxylic acids is 4. The van der Waals surface area contributed by atoms with Crippen LogP contribution in [0.5, 0.6) is 5.75 Å². The van der Waals surface area contributed by atoms with Crippen molar-refractivity contribution >= 4 is 36.7 Å². The number of Topliss-reactive ketones (excluding diaryl/α,β-unsaturated/α-hetero) is 1. The first kappa shape index (κ1) is 28.0. The van der Waals surface area contributed by atoms with E-state index in [9.17, 15) is 48.0 Å². The van der Waals surface area contributed by atoms with Crippen LogP contribution in [-0.4, -0.2) is 100.0 Å². The Hall–Kier alpha value is -3.59. The molecule has 4 N–H and O–H groups in total. The van der Waals surface area contributed by atoms with Crippen molar-refractivity contribution in [1.29, 1.82) is 0 Å². The number of likely N-dealkylation sites (N-methyl/N-ethyl adjacent to an activating group) is 1. The van der Waals surface area contributed by atoms with Gasteiger partial charge < -0.3 is 30.1 Å². The van der Waals surface area contributed by atoms with Gasteiger partial charge in [-0.1, -0.05) is 12.1 Å². The zero-order chi connectivity index (χ0) is 27.6. The number of nitrogens with zero attached hydrogens (tertiary/aromatic N) is 2. The zero-order valence-corrected chi connectivity index (χ0v) is 20.0. The molecule has 0 saturated carbocycles. The van der Waals surface area contributed by atoms with E-state index in [4.69, 9.17) is 4.65 Å². The van der Waals surface area contributed by atoms with Gasteiger partial charge in [-0.2, -0.15) is 0 Å². The lowest BCUT2D eigenvalue weighted by atomic mass is 9.64. The van der Waals surface area contributed by atoms with Crippen molar-refractivity contribution in [2.45, 2.75) is 51.1 Å². The highest BCUT2D eigenvalue weighted by molar-refractivity contribution is 6.47. The summed E-state index contributed by atoms with van der Waals surface area (Å²) in [5, 5.41) is 31.8. The van der Waals surface area contributed by atoms with Crippen LogP contribution < -0.4 is 9.97 Å². The number of benzene rings is 1. The number of alkyl halides is 2. The number of aromatic carboxylic acids is 1. The quantitative estimate of drug-likeness (QED) is 0.266. The maximum Gasteiger partial charge on any atom is 0.526 e. The third-order valence-corrected chi connectivity index (χ3v) is 6.41. The second-order valence-electron chi connectivity index (χ2n) is 8.79. The highest BCUT2D eigenvalue weighted by Gasteiger charge is 2.43. The van der Waals surface area contributed by atoms with E-state index in [1.54, 1.807) is 13.0 Å². The van der Waals surface area contributed by atoms with Gasteiger partial charge in [-0.15, -0.1) is 0 Å². The number of aliphatic hydroxyl groups excluding tert-OH is 1. The Kier molecular flexibility index (Phi) is 8.48. The summed E-state index contributed by atoms with van der Waals surface area (Å²) >= 11 is 0. The summed E-state index contributed by atoms with van der Waals surface area (Å²) in [5.74, 6) is -5.65. The van der Waals surface area contributed by atoms with Gasteiger partial charge in [0, 0.05) is 31.9 Å². The number of hydrogen-bond donors (Lipinski definition) is 4. The van der Waals surface area contributed by atoms with Crippen molar-refractivity contribution in [2.24, 2.45) is 0 Å². The van der Waals surface area contributed by atoms with Crippen LogP contribution in [0, 0.1) is 6.92 Å². The molecule has 12 nitrogen and oxygen atoms in total. The second kappa shape index (κ2) is 11.2. The molecular weight excluding hydrogens is 499 g/mol. The number of carboxylic acid groups (broad SMARTS) is 1. The van der Waals surface area contributed by atoms with Crippen LogP contribution in [0.4, 0.5) is 13.6 Å². The molecule has 0 aliphatic carbocycles. The van der Waals surface area contributed by atoms with E-state index in [0.29, 0.717) is 16.0 Å². The Morgan fingerprint density at radius 3 is 2.49 bits per heavy atom. The van der Waals surface area contributed by atoms with Crippen molar-refractivity contribution in [3.8, 4) is 5.75 Å². The van der Waals surface area contributed by atoms with E-state index < -0.39 is 67.5 Å². The van der Waals surface area contributed by atoms with Crippen molar-refractivity contribution in [3.63, 3.8) is 0 Å². The fourth-order valence-corrected chi connectivity index (χ4v) is 4.33. The van der Waals surface area contributed by atoms with Crippen LogP contribution in [0.1, 0.15) is 34.8 Å². The molecule has 0 bridgehead atoms. The van der Waals surface area contributed by atoms with Gasteiger partial charge in [-0.25, -0.2) is 18.4 Å². The Bertz CT molecular complexity index is 1120. The molecule has 0 aromatic heterocycles. The normalized spacial score (nSPS) is 19.3. The van der Waals surface area contributed by atoms with Crippen LogP contribution in [0.3, 0.4) is 0 Å². The maximum absolute atomic E-state index is 13.4. The van der Waals surface area contributed by atoms with Gasteiger partial charge in [0.1, 0.15) is 23.5 Å². The molecule has 1 fully saturated rings. The minimum absolute atomic E-state index is 0.00727. The number of carboxylic acids is 1. The van der Waals surface area contributed by atoms with Crippen LogP contribution in [-0.2, 0) is 20.8 Å². The number of aliphatic hydroxyl groups is 1. The molecular formula is C22H26BF2N3O9. The van der Waals surface area contributed by atoms with Gasteiger partial charge in [-0.3, -0.25) is 19.3 Å². The fraction of sp³-hybridized carbons (Fsp3) is 0.500. The predicted molar refractivity (Wildman–Crippen MR) is 122 cm³/mol. The number of aryl methyl sites for hydroxylation is 1. The number of carbonyl (C=O) groups is 5. The highest BCUT2D eigenvalue weighted by Crippen LogP contribution is 2.38. The van der Waals surface area contributed by atoms with Crippen LogP contribution in [0.15, 0.2) is 12.1 Å². The Morgan fingerprint density at radius 1 is 1.22 bits per heavy atom. The Labute approximate surface area is 210 Å². The van der Waals surface area contributed by atoms with Gasteiger partial charge in [0.05, 0.1) is 0 Å². The van der Waals surface area contributed by atoms with E-state index in [-0.39, 0.29) is 37.4 Å². The summed E-state index contributed by atoms with van der Waals surface area (Å²) in [6.45, 7) is 3.14. The van der Waals surface area contributed by atoms with E-state index in [1.807, 2.05) is 5.32 Å². The number of imide groups is 1. The molecule has 37 heavy (non-hydrogen) atoms. The number of halogens is 2. The van der Waals surface area contributed by atoms with Gasteiger partial charge in [0.2, 0.25) is 0 Å². The summed E-state index contributed by atoms with van der Waals surface area (Å²) in [4.78, 5) is 63.1. The van der Waals surface area contributed by atoms with Crippen molar-refractivity contribution in [3.05, 3.63) is 28.8 Å². The molecule has 1 saturated heterocycles. The van der Waals surface area contributed by atoms with Crippen molar-refractivity contribution in [2.75, 3.05) is 19.6 Å². The molecule has 4 amide bonds. The lowest BCUT2D eigenvalue weighted by molar-refractivity contribution is -0.153. The number of ketones is 1. The molecule has 3 atom stereocenters. The zero-order valence-electron chi connectivity index (χ0n) is 20.0. The van der Waals surface area contributed by atoms with Crippen molar-refractivity contribution < 1.29 is 52.6 Å². The number of piperazine rings is 1. The molecule has 1 aromatic rings. The fourth-order valence-electron chi connectivity index (χ4n) is 4.33. The third kappa shape index (κ3) is 5.72. The summed E-state index contributed by atoms with van der Waals surface area (Å²) < 4.78 is 32.1. The molecule has 3 rings (SSSR count). The predicted octanol–water partition coefficient (Wildman–Crippen LogP) is -0.167. The number of rotatable bonds is 8. The monoisotopic (exact) mass is 525 g/mol. The lowest BCUT2D eigenvalue weighted by Crippen LogP contribution is -2.61. The molecule has 2 heterocycles. The van der Waals surface area contributed by atoms with Gasteiger partial charge in [-0.05, 0) is 31.4 Å². The number of urea groups is 1. The molecule has 2 aliphatic rings. The highest BCUT2D eigenvalue weighted by atomic mass is 19.3. The summed E-state index contributed by atoms with van der Waals surface area (Å²) in [5.41, 5.74) is 0.574. The number of hydrogen-bond acceptors (Lipinski definition) is 8. The lowest BCUT2D eigenvalue weighted by Gasteiger charge is -2.33. The topological polar surface area (TPSA) is 174 Å². The first-order valence-electron chi connectivity index (χ1n) is 11.5. The van der Waals surface area contributed by atoms with Crippen LogP contribution in [0.25, 0.3) is 0 Å². The Balaban J connectivity index is 1.77. The van der Waals surface area contributed by atoms with E-state index in [1.165, 1.54) is 17.9 Å². The standard InChI is InChI=1S/C22H26BF2N3O9/c1-3-27-6-7-28(20(32)19(27)31)22(35)26-15(16(30)18(24)25)13(29)9-12-8-11-5-4-10(2)14(21(33)34)17(11)37-23(12)36/h4-5,12,15-16,18,30,36H,3,6-9H2,1-2H3,(H,26,35)(H,33,34)/t12-,15-,16+/m1/s1. The largest absolute Gasteiger partial charge is 0.535 e. The minimum Gasteiger partial charge on any atom is -0.535 e. The minimum atomic E-state index is -3.45. The summed E-state index contributed by atoms with van der Waals surface area (Å²) in [6.07, 6.45) is -6.78. The molecule has 1 aromatic carbocycles. The third-order valence-electron chi connectivity index (χ3n) is 6.41. The second-order valence-corrected chi connectivity index (χ2v) is 8.79.